The van der Waals surface area contributed by atoms with E-state index in [4.69, 9.17) is 14.9 Å². The molecule has 0 amide bonds. The zero-order valence-corrected chi connectivity index (χ0v) is 13.1. The van der Waals surface area contributed by atoms with E-state index in [-0.39, 0.29) is 11.6 Å². The maximum absolute atomic E-state index is 6.53. The number of fused-ring (bicyclic) bond motifs is 1. The number of ether oxygens (including phenoxy) is 1. The van der Waals surface area contributed by atoms with Crippen molar-refractivity contribution in [1.82, 2.24) is 4.90 Å². The number of benzene rings is 1. The van der Waals surface area contributed by atoms with Gasteiger partial charge in [-0.15, -0.1) is 0 Å². The number of hydrogen-bond acceptors (Lipinski definition) is 4. The third-order valence-corrected chi connectivity index (χ3v) is 4.58. The molecule has 0 spiro atoms. The first-order valence-corrected chi connectivity index (χ1v) is 7.57. The molecule has 4 nitrogen and oxygen atoms in total. The van der Waals surface area contributed by atoms with E-state index in [2.05, 4.69) is 43.9 Å². The van der Waals surface area contributed by atoms with Crippen molar-refractivity contribution in [3.8, 4) is 0 Å². The predicted octanol–water partition coefficient (Wildman–Crippen LogP) is 2.85. The Morgan fingerprint density at radius 2 is 1.90 bits per heavy atom. The van der Waals surface area contributed by atoms with Crippen LogP contribution >= 0.6 is 0 Å². The highest BCUT2D eigenvalue weighted by Crippen LogP contribution is 2.33. The Bertz CT molecular complexity index is 627. The summed E-state index contributed by atoms with van der Waals surface area (Å²) in [5.41, 5.74) is 8.51. The molecular formula is C17H24N2O2. The van der Waals surface area contributed by atoms with Gasteiger partial charge < -0.3 is 14.9 Å². The molecule has 21 heavy (non-hydrogen) atoms. The zero-order chi connectivity index (χ0) is 15.0. The van der Waals surface area contributed by atoms with Crippen molar-refractivity contribution in [2.24, 2.45) is 5.73 Å². The number of aryl methyl sites for hydroxylation is 1. The van der Waals surface area contributed by atoms with Gasteiger partial charge in [-0.25, -0.2) is 0 Å². The van der Waals surface area contributed by atoms with Crippen LogP contribution in [-0.4, -0.2) is 36.7 Å². The molecule has 4 heteroatoms. The molecule has 2 heterocycles. The van der Waals surface area contributed by atoms with Crippen LogP contribution in [0.1, 0.15) is 31.2 Å². The van der Waals surface area contributed by atoms with E-state index in [1.165, 1.54) is 5.56 Å². The lowest BCUT2D eigenvalue weighted by molar-refractivity contribution is -0.0211. The molecule has 3 rings (SSSR count). The first-order chi connectivity index (χ1) is 9.98. The lowest BCUT2D eigenvalue weighted by Crippen LogP contribution is -2.55. The lowest BCUT2D eigenvalue weighted by Gasteiger charge is -2.43. The third-order valence-electron chi connectivity index (χ3n) is 4.58. The predicted molar refractivity (Wildman–Crippen MR) is 84.4 cm³/mol. The van der Waals surface area contributed by atoms with E-state index in [0.29, 0.717) is 0 Å². The fourth-order valence-electron chi connectivity index (χ4n) is 3.02. The van der Waals surface area contributed by atoms with Gasteiger partial charge in [-0.2, -0.15) is 0 Å². The largest absolute Gasteiger partial charge is 0.459 e. The normalized spacial score (nSPS) is 19.0. The lowest BCUT2D eigenvalue weighted by atomic mass is 9.90. The van der Waals surface area contributed by atoms with Crippen LogP contribution in [0.25, 0.3) is 11.0 Å². The topological polar surface area (TPSA) is 51.6 Å². The van der Waals surface area contributed by atoms with E-state index >= 15 is 0 Å². The van der Waals surface area contributed by atoms with Gasteiger partial charge >= 0.3 is 0 Å². The van der Waals surface area contributed by atoms with Gasteiger partial charge in [-0.1, -0.05) is 11.6 Å². The van der Waals surface area contributed by atoms with Gasteiger partial charge in [0.25, 0.3) is 0 Å². The first-order valence-electron chi connectivity index (χ1n) is 7.57. The average Bonchev–Trinajstić information content (AvgIpc) is 2.90. The van der Waals surface area contributed by atoms with Crippen LogP contribution in [0.2, 0.25) is 0 Å². The number of rotatable bonds is 3. The summed E-state index contributed by atoms with van der Waals surface area (Å²) in [5, 5.41) is 1.12. The molecule has 1 aliphatic rings. The second kappa shape index (κ2) is 5.44. The van der Waals surface area contributed by atoms with Crippen molar-refractivity contribution < 1.29 is 9.15 Å². The third kappa shape index (κ3) is 2.71. The van der Waals surface area contributed by atoms with E-state index in [1.54, 1.807) is 0 Å². The van der Waals surface area contributed by atoms with Gasteiger partial charge in [0.1, 0.15) is 11.3 Å². The van der Waals surface area contributed by atoms with E-state index < -0.39 is 0 Å². The second-order valence-electron chi connectivity index (χ2n) is 6.42. The van der Waals surface area contributed by atoms with Crippen molar-refractivity contribution in [3.63, 3.8) is 0 Å². The molecule has 0 saturated carbocycles. The minimum atomic E-state index is -0.164. The van der Waals surface area contributed by atoms with Gasteiger partial charge in [-0.3, -0.25) is 4.90 Å². The summed E-state index contributed by atoms with van der Waals surface area (Å²) in [6.07, 6.45) is 0. The molecular weight excluding hydrogens is 264 g/mol. The Labute approximate surface area is 125 Å². The van der Waals surface area contributed by atoms with Crippen LogP contribution in [0.3, 0.4) is 0 Å². The van der Waals surface area contributed by atoms with Crippen LogP contribution in [-0.2, 0) is 4.74 Å². The summed E-state index contributed by atoms with van der Waals surface area (Å²) in [7, 11) is 0. The standard InChI is InChI=1S/C17H24N2O2/c1-12-4-5-14-13(10-12)11-15(21-14)16(18)17(2,3)19-6-8-20-9-7-19/h4-5,10-11,16H,6-9,18H2,1-3H3. The SMILES string of the molecule is Cc1ccc2oc(C(N)C(C)(C)N3CCOCC3)cc2c1. The van der Waals surface area contributed by atoms with E-state index in [9.17, 15) is 0 Å². The van der Waals surface area contributed by atoms with Crippen LogP contribution in [0.4, 0.5) is 0 Å². The quantitative estimate of drug-likeness (QED) is 0.943. The number of nitrogens with two attached hydrogens (primary N) is 1. The van der Waals surface area contributed by atoms with Crippen molar-refractivity contribution in [2.75, 3.05) is 26.3 Å². The molecule has 1 aromatic carbocycles. The summed E-state index contributed by atoms with van der Waals surface area (Å²) in [4.78, 5) is 2.39. The minimum Gasteiger partial charge on any atom is -0.459 e. The van der Waals surface area contributed by atoms with Crippen molar-refractivity contribution in [1.29, 1.82) is 0 Å². The molecule has 1 fully saturated rings. The van der Waals surface area contributed by atoms with E-state index in [0.717, 1.165) is 43.0 Å². The molecule has 1 aromatic heterocycles. The Morgan fingerprint density at radius 3 is 2.62 bits per heavy atom. The summed E-state index contributed by atoms with van der Waals surface area (Å²) in [5.74, 6) is 0.854. The summed E-state index contributed by atoms with van der Waals surface area (Å²) in [6, 6.07) is 8.13. The number of nitrogens with zero attached hydrogens (tertiary/aromatic N) is 1. The molecule has 114 valence electrons. The monoisotopic (exact) mass is 288 g/mol. The number of hydrogen-bond donors (Lipinski definition) is 1. The van der Waals surface area contributed by atoms with Gasteiger partial charge in [0.15, 0.2) is 0 Å². The summed E-state index contributed by atoms with van der Waals surface area (Å²) < 4.78 is 11.4. The maximum atomic E-state index is 6.53. The Morgan fingerprint density at radius 1 is 1.19 bits per heavy atom. The fourth-order valence-corrected chi connectivity index (χ4v) is 3.02. The van der Waals surface area contributed by atoms with Crippen LogP contribution < -0.4 is 5.73 Å². The van der Waals surface area contributed by atoms with Gasteiger partial charge in [0.2, 0.25) is 0 Å². The Kier molecular flexibility index (Phi) is 3.78. The maximum Gasteiger partial charge on any atom is 0.134 e. The highest BCUT2D eigenvalue weighted by molar-refractivity contribution is 5.78. The molecule has 1 saturated heterocycles. The van der Waals surface area contributed by atoms with Crippen LogP contribution in [0, 0.1) is 6.92 Å². The molecule has 2 N–H and O–H groups in total. The summed E-state index contributed by atoms with van der Waals surface area (Å²) in [6.45, 7) is 9.83. The average molecular weight is 288 g/mol. The van der Waals surface area contributed by atoms with Crippen molar-refractivity contribution in [3.05, 3.63) is 35.6 Å². The molecule has 0 aliphatic carbocycles. The molecule has 0 radical (unpaired) electrons. The smallest absolute Gasteiger partial charge is 0.134 e. The highest BCUT2D eigenvalue weighted by Gasteiger charge is 2.36. The number of furan rings is 1. The van der Waals surface area contributed by atoms with Crippen LogP contribution in [0.5, 0.6) is 0 Å². The van der Waals surface area contributed by atoms with Crippen molar-refractivity contribution >= 4 is 11.0 Å². The van der Waals surface area contributed by atoms with E-state index in [1.807, 2.05) is 6.07 Å². The fraction of sp³-hybridized carbons (Fsp3) is 0.529. The highest BCUT2D eigenvalue weighted by atomic mass is 16.5. The van der Waals surface area contributed by atoms with Crippen molar-refractivity contribution in [2.45, 2.75) is 32.4 Å². The van der Waals surface area contributed by atoms with Gasteiger partial charge in [-0.05, 0) is 39.0 Å². The molecule has 2 aromatic rings. The van der Waals surface area contributed by atoms with Gasteiger partial charge in [0.05, 0.1) is 19.3 Å². The second-order valence-corrected chi connectivity index (χ2v) is 6.42. The van der Waals surface area contributed by atoms with Gasteiger partial charge in [0, 0.05) is 24.0 Å². The Hall–Kier alpha value is -1.36. The molecule has 1 aliphatic heterocycles. The van der Waals surface area contributed by atoms with Crippen LogP contribution in [0.15, 0.2) is 28.7 Å². The number of morpholine rings is 1. The molecule has 1 atom stereocenters. The minimum absolute atomic E-state index is 0.160. The summed E-state index contributed by atoms with van der Waals surface area (Å²) >= 11 is 0. The first kappa shape index (κ1) is 14.6. The Balaban J connectivity index is 1.89. The zero-order valence-electron chi connectivity index (χ0n) is 13.1. The molecule has 1 unspecified atom stereocenters. The molecule has 0 bridgehead atoms.